The number of allylic oxidation sites excluding steroid dienone is 1. The number of carbonyl (C=O) groups is 2. The number of aliphatic carboxylic acids is 1. The van der Waals surface area contributed by atoms with E-state index in [0.717, 1.165) is 12.2 Å². The van der Waals surface area contributed by atoms with Crippen molar-refractivity contribution in [3.8, 4) is 11.8 Å². The van der Waals surface area contributed by atoms with E-state index in [-0.39, 0.29) is 5.57 Å². The number of ether oxygens (including phenoxy) is 1. The molecule has 5 heteroatoms. The molecule has 0 heterocycles. The fourth-order valence-corrected chi connectivity index (χ4v) is 1.16. The van der Waals surface area contributed by atoms with E-state index in [1.54, 1.807) is 30.3 Å². The fraction of sp³-hybridized carbons (Fsp3) is 0.0714. The first-order valence-corrected chi connectivity index (χ1v) is 5.32. The SMILES string of the molecule is C/C(=C\C#N)C(=O)Oc1ccc(/C=C/C(=O)O)cc1. The molecule has 1 rings (SSSR count). The second-order valence-corrected chi connectivity index (χ2v) is 3.59. The van der Waals surface area contributed by atoms with Gasteiger partial charge in [0.15, 0.2) is 0 Å². The molecule has 0 amide bonds. The number of carboxylic acids is 1. The Morgan fingerprint density at radius 2 is 1.95 bits per heavy atom. The number of esters is 1. The molecule has 1 aromatic carbocycles. The molecule has 5 nitrogen and oxygen atoms in total. The van der Waals surface area contributed by atoms with E-state index in [2.05, 4.69) is 0 Å². The molecule has 1 aromatic rings. The number of nitriles is 1. The number of hydrogen-bond acceptors (Lipinski definition) is 4. The summed E-state index contributed by atoms with van der Waals surface area (Å²) in [5.74, 6) is -1.31. The Kier molecular flexibility index (Phi) is 5.05. The zero-order chi connectivity index (χ0) is 14.3. The summed E-state index contributed by atoms with van der Waals surface area (Å²) in [5.41, 5.74) is 0.879. The van der Waals surface area contributed by atoms with Gasteiger partial charge in [-0.2, -0.15) is 5.26 Å². The molecule has 0 aromatic heterocycles. The Labute approximate surface area is 110 Å². The lowest BCUT2D eigenvalue weighted by atomic mass is 10.2. The molecular formula is C14H11NO4. The normalized spacial score (nSPS) is 11.1. The molecule has 0 aliphatic rings. The Bertz CT molecular complexity index is 576. The number of hydrogen-bond donors (Lipinski definition) is 1. The number of nitrogens with zero attached hydrogens (tertiary/aromatic N) is 1. The van der Waals surface area contributed by atoms with Crippen LogP contribution in [0.2, 0.25) is 0 Å². The molecule has 0 bridgehead atoms. The minimum Gasteiger partial charge on any atom is -0.478 e. The molecule has 0 aliphatic carbocycles. The minimum absolute atomic E-state index is 0.206. The molecule has 96 valence electrons. The first kappa shape index (κ1) is 14.2. The lowest BCUT2D eigenvalue weighted by Gasteiger charge is -2.03. The summed E-state index contributed by atoms with van der Waals surface area (Å²) in [6.07, 6.45) is 3.54. The highest BCUT2D eigenvalue weighted by Gasteiger charge is 2.06. The van der Waals surface area contributed by atoms with Crippen molar-refractivity contribution in [2.24, 2.45) is 0 Å². The van der Waals surface area contributed by atoms with Crippen molar-refractivity contribution >= 4 is 18.0 Å². The molecular weight excluding hydrogens is 246 g/mol. The van der Waals surface area contributed by atoms with Crippen LogP contribution in [-0.4, -0.2) is 17.0 Å². The highest BCUT2D eigenvalue weighted by atomic mass is 16.5. The van der Waals surface area contributed by atoms with Gasteiger partial charge >= 0.3 is 11.9 Å². The van der Waals surface area contributed by atoms with Gasteiger partial charge in [-0.15, -0.1) is 0 Å². The monoisotopic (exact) mass is 257 g/mol. The van der Waals surface area contributed by atoms with Crippen LogP contribution in [0.4, 0.5) is 0 Å². The molecule has 0 saturated heterocycles. The molecule has 0 unspecified atom stereocenters. The van der Waals surface area contributed by atoms with E-state index >= 15 is 0 Å². The highest BCUT2D eigenvalue weighted by Crippen LogP contribution is 2.14. The Morgan fingerprint density at radius 3 is 2.47 bits per heavy atom. The zero-order valence-corrected chi connectivity index (χ0v) is 10.2. The molecule has 0 aliphatic heterocycles. The van der Waals surface area contributed by atoms with E-state index in [1.807, 2.05) is 0 Å². The van der Waals surface area contributed by atoms with Gasteiger partial charge in [-0.1, -0.05) is 12.1 Å². The maximum atomic E-state index is 11.5. The van der Waals surface area contributed by atoms with Crippen LogP contribution in [-0.2, 0) is 9.59 Å². The van der Waals surface area contributed by atoms with Crippen LogP contribution in [0.25, 0.3) is 6.08 Å². The molecule has 1 N–H and O–H groups in total. The van der Waals surface area contributed by atoms with E-state index < -0.39 is 11.9 Å². The molecule has 19 heavy (non-hydrogen) atoms. The van der Waals surface area contributed by atoms with Crippen LogP contribution >= 0.6 is 0 Å². The highest BCUT2D eigenvalue weighted by molar-refractivity contribution is 5.90. The third-order valence-corrected chi connectivity index (χ3v) is 2.11. The van der Waals surface area contributed by atoms with Gasteiger partial charge in [0.05, 0.1) is 6.07 Å². The quantitative estimate of drug-likeness (QED) is 0.386. The maximum absolute atomic E-state index is 11.5. The van der Waals surface area contributed by atoms with Gasteiger partial charge in [-0.05, 0) is 30.7 Å². The third kappa shape index (κ3) is 4.88. The smallest absolute Gasteiger partial charge is 0.339 e. The van der Waals surface area contributed by atoms with E-state index in [4.69, 9.17) is 15.1 Å². The van der Waals surface area contributed by atoms with Crippen LogP contribution in [0, 0.1) is 11.3 Å². The summed E-state index contributed by atoms with van der Waals surface area (Å²) in [5, 5.41) is 16.9. The number of benzene rings is 1. The average molecular weight is 257 g/mol. The molecule has 0 atom stereocenters. The van der Waals surface area contributed by atoms with Crippen LogP contribution in [0.1, 0.15) is 12.5 Å². The van der Waals surface area contributed by atoms with Crippen molar-refractivity contribution in [2.75, 3.05) is 0 Å². The lowest BCUT2D eigenvalue weighted by Crippen LogP contribution is -2.08. The number of rotatable bonds is 4. The van der Waals surface area contributed by atoms with Gasteiger partial charge in [0.25, 0.3) is 0 Å². The van der Waals surface area contributed by atoms with Gasteiger partial charge < -0.3 is 9.84 Å². The molecule has 0 radical (unpaired) electrons. The van der Waals surface area contributed by atoms with Crippen LogP contribution in [0.15, 0.2) is 42.0 Å². The van der Waals surface area contributed by atoms with Crippen molar-refractivity contribution in [3.05, 3.63) is 47.6 Å². The summed E-state index contributed by atoms with van der Waals surface area (Å²) in [6, 6.07) is 8.06. The van der Waals surface area contributed by atoms with Crippen LogP contribution < -0.4 is 4.74 Å². The standard InChI is InChI=1S/C14H11NO4/c1-10(8-9-15)14(18)19-12-5-2-11(3-6-12)4-7-13(16)17/h2-8H,1H3,(H,16,17)/b7-4+,10-8+. The van der Waals surface area contributed by atoms with Gasteiger partial charge in [-0.25, -0.2) is 9.59 Å². The van der Waals surface area contributed by atoms with Crippen molar-refractivity contribution in [1.82, 2.24) is 0 Å². The molecule has 0 saturated carbocycles. The lowest BCUT2D eigenvalue weighted by molar-refractivity contribution is -0.131. The average Bonchev–Trinajstić information content (AvgIpc) is 2.38. The maximum Gasteiger partial charge on any atom is 0.339 e. The minimum atomic E-state index is -1.03. The second-order valence-electron chi connectivity index (χ2n) is 3.59. The first-order chi connectivity index (χ1) is 9.02. The van der Waals surface area contributed by atoms with E-state index in [0.29, 0.717) is 11.3 Å². The van der Waals surface area contributed by atoms with Crippen LogP contribution in [0.5, 0.6) is 5.75 Å². The Balaban J connectivity index is 2.73. The Morgan fingerprint density at radius 1 is 1.32 bits per heavy atom. The van der Waals surface area contributed by atoms with E-state index in [9.17, 15) is 9.59 Å². The topological polar surface area (TPSA) is 87.4 Å². The predicted molar refractivity (Wildman–Crippen MR) is 68.1 cm³/mol. The summed E-state index contributed by atoms with van der Waals surface area (Å²) >= 11 is 0. The summed E-state index contributed by atoms with van der Waals surface area (Å²) in [6.45, 7) is 1.48. The summed E-state index contributed by atoms with van der Waals surface area (Å²) in [4.78, 5) is 21.8. The van der Waals surface area contributed by atoms with Gasteiger partial charge in [-0.3, -0.25) is 0 Å². The molecule has 0 fully saturated rings. The fourth-order valence-electron chi connectivity index (χ4n) is 1.16. The first-order valence-electron chi connectivity index (χ1n) is 5.32. The van der Waals surface area contributed by atoms with E-state index in [1.165, 1.54) is 13.0 Å². The third-order valence-electron chi connectivity index (χ3n) is 2.11. The van der Waals surface area contributed by atoms with Gasteiger partial charge in [0.1, 0.15) is 5.75 Å². The Hall–Kier alpha value is -2.87. The summed E-state index contributed by atoms with van der Waals surface area (Å²) < 4.78 is 5.01. The second kappa shape index (κ2) is 6.77. The summed E-state index contributed by atoms with van der Waals surface area (Å²) in [7, 11) is 0. The largest absolute Gasteiger partial charge is 0.478 e. The molecule has 0 spiro atoms. The van der Waals surface area contributed by atoms with Gasteiger partial charge in [0, 0.05) is 17.7 Å². The number of carboxylic acid groups (broad SMARTS) is 1. The zero-order valence-electron chi connectivity index (χ0n) is 10.2. The van der Waals surface area contributed by atoms with Crippen LogP contribution in [0.3, 0.4) is 0 Å². The predicted octanol–water partition coefficient (Wildman–Crippen LogP) is 2.16. The van der Waals surface area contributed by atoms with Crippen molar-refractivity contribution in [2.45, 2.75) is 6.92 Å². The van der Waals surface area contributed by atoms with Crippen molar-refractivity contribution in [3.63, 3.8) is 0 Å². The van der Waals surface area contributed by atoms with Gasteiger partial charge in [0.2, 0.25) is 0 Å². The van der Waals surface area contributed by atoms with Crippen molar-refractivity contribution in [1.29, 1.82) is 5.26 Å². The number of carbonyl (C=O) groups excluding carboxylic acids is 1. The van der Waals surface area contributed by atoms with Crippen molar-refractivity contribution < 1.29 is 19.4 Å².